The molecule has 0 aliphatic carbocycles. The van der Waals surface area contributed by atoms with Crippen molar-refractivity contribution < 1.29 is 9.59 Å². The number of hydrogen-bond donors (Lipinski definition) is 3. The summed E-state index contributed by atoms with van der Waals surface area (Å²) >= 11 is 0. The minimum Gasteiger partial charge on any atom is -0.398 e. The number of rotatable bonds is 7. The molecule has 9 nitrogen and oxygen atoms in total. The van der Waals surface area contributed by atoms with Crippen LogP contribution in [-0.2, 0) is 11.3 Å². The molecule has 2 amide bonds. The molecule has 0 saturated carbocycles. The summed E-state index contributed by atoms with van der Waals surface area (Å²) in [4.78, 5) is 38.3. The number of likely N-dealkylation sites (tertiary alicyclic amines) is 2. The molecule has 0 radical (unpaired) electrons. The molecule has 2 aliphatic heterocycles. The molecule has 0 atom stereocenters. The van der Waals surface area contributed by atoms with E-state index in [1.54, 1.807) is 35.4 Å². The van der Waals surface area contributed by atoms with Crippen LogP contribution in [0.15, 0.2) is 55.0 Å². The Balaban J connectivity index is 1.27. The van der Waals surface area contributed by atoms with Gasteiger partial charge in [-0.1, -0.05) is 12.5 Å². The highest BCUT2D eigenvalue weighted by atomic mass is 16.2. The van der Waals surface area contributed by atoms with Crippen LogP contribution in [0.3, 0.4) is 0 Å². The molecule has 5 rings (SSSR count). The number of nitrogens with two attached hydrogens (primary N) is 1. The number of pyridine rings is 2. The van der Waals surface area contributed by atoms with E-state index in [1.165, 1.54) is 25.5 Å². The minimum absolute atomic E-state index is 0.104. The van der Waals surface area contributed by atoms with E-state index in [2.05, 4.69) is 26.3 Å². The lowest BCUT2D eigenvalue weighted by Gasteiger charge is -2.26. The van der Waals surface area contributed by atoms with Crippen molar-refractivity contribution >= 4 is 28.9 Å². The summed E-state index contributed by atoms with van der Waals surface area (Å²) in [5, 5.41) is 11.2. The number of carbonyl (C=O) groups excluding carboxylic acids is 2. The van der Waals surface area contributed by atoms with Gasteiger partial charge >= 0.3 is 0 Å². The third-order valence-electron chi connectivity index (χ3n) is 7.17. The molecule has 0 spiro atoms. The predicted octanol–water partition coefficient (Wildman–Crippen LogP) is 3.95. The Kier molecular flexibility index (Phi) is 7.74. The molecule has 0 bridgehead atoms. The van der Waals surface area contributed by atoms with Crippen molar-refractivity contribution in [2.24, 2.45) is 0 Å². The van der Waals surface area contributed by atoms with Gasteiger partial charge in [0.1, 0.15) is 11.4 Å². The maximum Gasteiger partial charge on any atom is 0.274 e. The summed E-state index contributed by atoms with van der Waals surface area (Å²) in [6, 6.07) is 10.7. The lowest BCUT2D eigenvalue weighted by molar-refractivity contribution is -0.110. The maximum atomic E-state index is 12.9. The maximum absolute atomic E-state index is 12.9. The second-order valence-electron chi connectivity index (χ2n) is 9.98. The van der Waals surface area contributed by atoms with E-state index in [4.69, 9.17) is 11.1 Å². The van der Waals surface area contributed by atoms with Crippen molar-refractivity contribution in [2.75, 3.05) is 37.2 Å². The highest BCUT2D eigenvalue weighted by molar-refractivity contribution is 6.48. The van der Waals surface area contributed by atoms with Crippen LogP contribution in [0.2, 0.25) is 0 Å². The van der Waals surface area contributed by atoms with Gasteiger partial charge in [0, 0.05) is 48.8 Å². The molecule has 4 N–H and O–H groups in total. The Morgan fingerprint density at radius 3 is 2.39 bits per heavy atom. The van der Waals surface area contributed by atoms with Crippen LogP contribution < -0.4 is 11.1 Å². The minimum atomic E-state index is -0.605. The summed E-state index contributed by atoms with van der Waals surface area (Å²) in [6.07, 6.45) is 10.9. The standard InChI is InChI=1S/C29H33N7O2/c30-25-8-6-21(22-14-20(16-32-17-22)19-35-10-2-1-3-11-35)15-24(25)27(31)28(37)34-23-7-9-26(33-18-23)29(38)36-12-4-5-13-36/h6-9,14-18,31H,1-5,10-13,19,30H2,(H,34,37). The van der Waals surface area contributed by atoms with Crippen molar-refractivity contribution in [3.05, 3.63) is 71.8 Å². The third-order valence-corrected chi connectivity index (χ3v) is 7.17. The van der Waals surface area contributed by atoms with Crippen LogP contribution in [0, 0.1) is 5.41 Å². The number of nitrogen functional groups attached to an aromatic ring is 1. The second kappa shape index (κ2) is 11.5. The number of amides is 2. The first-order valence-corrected chi connectivity index (χ1v) is 13.2. The highest BCUT2D eigenvalue weighted by Crippen LogP contribution is 2.26. The molecule has 38 heavy (non-hydrogen) atoms. The zero-order valence-electron chi connectivity index (χ0n) is 21.4. The molecule has 2 saturated heterocycles. The molecule has 2 aromatic heterocycles. The van der Waals surface area contributed by atoms with Crippen molar-refractivity contribution in [3.63, 3.8) is 0 Å². The molecule has 1 aromatic carbocycles. The van der Waals surface area contributed by atoms with E-state index >= 15 is 0 Å². The van der Waals surface area contributed by atoms with E-state index in [0.29, 0.717) is 22.6 Å². The first-order chi connectivity index (χ1) is 18.5. The number of carbonyl (C=O) groups is 2. The van der Waals surface area contributed by atoms with Crippen LogP contribution in [0.1, 0.15) is 53.7 Å². The van der Waals surface area contributed by atoms with Gasteiger partial charge < -0.3 is 16.0 Å². The monoisotopic (exact) mass is 511 g/mol. The SMILES string of the molecule is N=C(C(=O)Nc1ccc(C(=O)N2CCCC2)nc1)c1cc(-c2cncc(CN3CCCCC3)c2)ccc1N. The van der Waals surface area contributed by atoms with Crippen LogP contribution >= 0.6 is 0 Å². The fraction of sp³-hybridized carbons (Fsp3) is 0.345. The van der Waals surface area contributed by atoms with Crippen molar-refractivity contribution in [1.29, 1.82) is 5.41 Å². The van der Waals surface area contributed by atoms with Crippen molar-refractivity contribution in [1.82, 2.24) is 19.8 Å². The van der Waals surface area contributed by atoms with Gasteiger partial charge in [0.15, 0.2) is 0 Å². The van der Waals surface area contributed by atoms with Gasteiger partial charge in [0.25, 0.3) is 11.8 Å². The third kappa shape index (κ3) is 5.89. The number of nitrogens with one attached hydrogen (secondary N) is 2. The van der Waals surface area contributed by atoms with Crippen LogP contribution in [0.5, 0.6) is 0 Å². The van der Waals surface area contributed by atoms with Gasteiger partial charge in [-0.3, -0.25) is 24.9 Å². The smallest absolute Gasteiger partial charge is 0.274 e. The average molecular weight is 512 g/mol. The topological polar surface area (TPSA) is 128 Å². The number of hydrogen-bond acceptors (Lipinski definition) is 7. The lowest BCUT2D eigenvalue weighted by atomic mass is 9.99. The number of aromatic nitrogens is 2. The Hall–Kier alpha value is -4.11. The molecule has 9 heteroatoms. The predicted molar refractivity (Wildman–Crippen MR) is 148 cm³/mol. The average Bonchev–Trinajstić information content (AvgIpc) is 3.49. The van der Waals surface area contributed by atoms with Crippen molar-refractivity contribution in [3.8, 4) is 11.1 Å². The molecule has 2 aliphatic rings. The number of anilines is 2. The molecule has 196 valence electrons. The van der Waals surface area contributed by atoms with Crippen molar-refractivity contribution in [2.45, 2.75) is 38.6 Å². The van der Waals surface area contributed by atoms with E-state index in [-0.39, 0.29) is 11.6 Å². The van der Waals surface area contributed by atoms with Crippen LogP contribution in [0.25, 0.3) is 11.1 Å². The van der Waals surface area contributed by atoms with Crippen LogP contribution in [-0.4, -0.2) is 63.5 Å². The van der Waals surface area contributed by atoms with Crippen LogP contribution in [0.4, 0.5) is 11.4 Å². The number of benzene rings is 1. The van der Waals surface area contributed by atoms with E-state index in [0.717, 1.165) is 62.3 Å². The summed E-state index contributed by atoms with van der Waals surface area (Å²) in [7, 11) is 0. The summed E-state index contributed by atoms with van der Waals surface area (Å²) < 4.78 is 0. The molecule has 2 fully saturated rings. The normalized spacial score (nSPS) is 15.8. The Bertz CT molecular complexity index is 1330. The molecule has 4 heterocycles. The summed E-state index contributed by atoms with van der Waals surface area (Å²) in [5.41, 5.74) is 10.2. The van der Waals surface area contributed by atoms with E-state index in [1.807, 2.05) is 12.3 Å². The number of nitrogens with zero attached hydrogens (tertiary/aromatic N) is 4. The van der Waals surface area contributed by atoms with Gasteiger partial charge in [-0.2, -0.15) is 0 Å². The zero-order chi connectivity index (χ0) is 26.5. The van der Waals surface area contributed by atoms with E-state index < -0.39 is 5.91 Å². The van der Waals surface area contributed by atoms with Gasteiger partial charge in [0.05, 0.1) is 11.9 Å². The molecule has 3 aromatic rings. The zero-order valence-corrected chi connectivity index (χ0v) is 21.4. The Morgan fingerprint density at radius 2 is 1.66 bits per heavy atom. The molecule has 0 unspecified atom stereocenters. The lowest BCUT2D eigenvalue weighted by Crippen LogP contribution is -2.29. The summed E-state index contributed by atoms with van der Waals surface area (Å²) in [5.74, 6) is -0.710. The highest BCUT2D eigenvalue weighted by Gasteiger charge is 2.21. The Labute approximate surface area is 222 Å². The summed E-state index contributed by atoms with van der Waals surface area (Å²) in [6.45, 7) is 4.56. The van der Waals surface area contributed by atoms with E-state index in [9.17, 15) is 9.59 Å². The number of piperidine rings is 1. The Morgan fingerprint density at radius 1 is 0.895 bits per heavy atom. The van der Waals surface area contributed by atoms with Gasteiger partial charge in [-0.25, -0.2) is 4.98 Å². The second-order valence-corrected chi connectivity index (χ2v) is 9.98. The largest absolute Gasteiger partial charge is 0.398 e. The van der Waals surface area contributed by atoms with Gasteiger partial charge in [-0.15, -0.1) is 0 Å². The van der Waals surface area contributed by atoms with Gasteiger partial charge in [-0.05, 0) is 80.2 Å². The molecular formula is C29H33N7O2. The first-order valence-electron chi connectivity index (χ1n) is 13.2. The fourth-order valence-electron chi connectivity index (χ4n) is 5.05. The van der Waals surface area contributed by atoms with Gasteiger partial charge in [0.2, 0.25) is 0 Å². The molecular weight excluding hydrogens is 478 g/mol. The fourth-order valence-corrected chi connectivity index (χ4v) is 5.05. The first kappa shape index (κ1) is 25.5. The quantitative estimate of drug-likeness (QED) is 0.325.